The van der Waals surface area contributed by atoms with Gasteiger partial charge in [0.25, 0.3) is 0 Å². The first-order valence-corrected chi connectivity index (χ1v) is 5.94. The molecule has 0 unspecified atom stereocenters. The topological polar surface area (TPSA) is 26.3 Å². The maximum absolute atomic E-state index is 13.5. The molecule has 0 atom stereocenters. The van der Waals surface area contributed by atoms with Crippen molar-refractivity contribution in [3.05, 3.63) is 29.8 Å². The lowest BCUT2D eigenvalue weighted by Gasteiger charge is -2.19. The van der Waals surface area contributed by atoms with Crippen LogP contribution in [0.25, 0.3) is 0 Å². The van der Waals surface area contributed by atoms with Gasteiger partial charge in [0.05, 0.1) is 0 Å². The van der Waals surface area contributed by atoms with Crippen molar-refractivity contribution in [2.45, 2.75) is 45.9 Å². The number of carbonyl (C=O) groups excluding carboxylic acids is 1. The van der Waals surface area contributed by atoms with Crippen LogP contribution in [0.1, 0.15) is 45.0 Å². The van der Waals surface area contributed by atoms with Crippen LogP contribution < -0.4 is 5.46 Å². The summed E-state index contributed by atoms with van der Waals surface area (Å²) in [5.74, 6) is -0.509. The van der Waals surface area contributed by atoms with Crippen molar-refractivity contribution >= 4 is 18.7 Å². The van der Waals surface area contributed by atoms with E-state index >= 15 is 0 Å². The van der Waals surface area contributed by atoms with Crippen LogP contribution in [0.5, 0.6) is 0 Å². The van der Waals surface area contributed by atoms with Crippen molar-refractivity contribution in [2.75, 3.05) is 0 Å². The molecular formula is C14H19BFO2. The van der Waals surface area contributed by atoms with E-state index < -0.39 is 11.5 Å². The average Bonchev–Trinajstić information content (AvgIpc) is 2.24. The van der Waals surface area contributed by atoms with Gasteiger partial charge in [0.1, 0.15) is 0 Å². The molecule has 0 amide bonds. The summed E-state index contributed by atoms with van der Waals surface area (Å²) in [7, 11) is 1.63. The van der Waals surface area contributed by atoms with E-state index in [0.717, 1.165) is 5.46 Å². The Morgan fingerprint density at radius 3 is 2.00 bits per heavy atom. The number of hydrogen-bond donors (Lipinski definition) is 0. The summed E-state index contributed by atoms with van der Waals surface area (Å²) in [4.78, 5) is 11.7. The Labute approximate surface area is 109 Å². The van der Waals surface area contributed by atoms with Crippen molar-refractivity contribution in [1.82, 2.24) is 0 Å². The molecule has 0 saturated carbocycles. The summed E-state index contributed by atoms with van der Waals surface area (Å²) >= 11 is 0. The number of rotatable bonds is 4. The van der Waals surface area contributed by atoms with Gasteiger partial charge in [0.2, 0.25) is 0 Å². The van der Waals surface area contributed by atoms with E-state index in [4.69, 9.17) is 4.65 Å². The molecular weight excluding hydrogens is 230 g/mol. The molecule has 0 aliphatic heterocycles. The maximum Gasteiger partial charge on any atom is 0.330 e. The standard InChI is InChI=1S/C14H19BFO2/c1-13(2,3)18-15-11-8-6-10(7-9-11)12(17)14(4,5)16/h6-9H,1-5H3. The van der Waals surface area contributed by atoms with E-state index in [0.29, 0.717) is 5.56 Å². The first-order chi connectivity index (χ1) is 8.09. The van der Waals surface area contributed by atoms with E-state index in [1.165, 1.54) is 13.8 Å². The number of benzene rings is 1. The fraction of sp³-hybridized carbons (Fsp3) is 0.500. The predicted octanol–water partition coefficient (Wildman–Crippen LogP) is 2.68. The lowest BCUT2D eigenvalue weighted by molar-refractivity contribution is 0.0760. The van der Waals surface area contributed by atoms with Gasteiger partial charge in [-0.05, 0) is 34.6 Å². The van der Waals surface area contributed by atoms with Gasteiger partial charge in [-0.15, -0.1) is 0 Å². The zero-order valence-electron chi connectivity index (χ0n) is 11.6. The Balaban J connectivity index is 2.72. The van der Waals surface area contributed by atoms with Crippen molar-refractivity contribution in [3.8, 4) is 0 Å². The molecule has 1 radical (unpaired) electrons. The zero-order chi connectivity index (χ0) is 14.0. The molecule has 0 aromatic heterocycles. The molecule has 0 aliphatic carbocycles. The first-order valence-electron chi connectivity index (χ1n) is 5.94. The number of halogens is 1. The minimum absolute atomic E-state index is 0.255. The fourth-order valence-corrected chi connectivity index (χ4v) is 1.30. The van der Waals surface area contributed by atoms with Crippen LogP contribution >= 0.6 is 0 Å². The highest BCUT2D eigenvalue weighted by molar-refractivity contribution is 6.47. The van der Waals surface area contributed by atoms with Gasteiger partial charge < -0.3 is 4.65 Å². The van der Waals surface area contributed by atoms with Gasteiger partial charge in [-0.25, -0.2) is 4.39 Å². The van der Waals surface area contributed by atoms with E-state index in [1.807, 2.05) is 20.8 Å². The van der Waals surface area contributed by atoms with Gasteiger partial charge in [0.15, 0.2) is 11.5 Å². The van der Waals surface area contributed by atoms with Crippen LogP contribution in [0, 0.1) is 0 Å². The van der Waals surface area contributed by atoms with Crippen LogP contribution in [0.4, 0.5) is 4.39 Å². The third kappa shape index (κ3) is 4.61. The molecule has 1 rings (SSSR count). The lowest BCUT2D eigenvalue weighted by atomic mass is 9.85. The second-order valence-electron chi connectivity index (χ2n) is 5.77. The Kier molecular flexibility index (Phi) is 4.33. The highest BCUT2D eigenvalue weighted by Gasteiger charge is 2.27. The summed E-state index contributed by atoms with van der Waals surface area (Å²) in [6.07, 6.45) is 0. The molecule has 0 N–H and O–H groups in total. The van der Waals surface area contributed by atoms with Crippen LogP contribution in [0.3, 0.4) is 0 Å². The van der Waals surface area contributed by atoms with Crippen molar-refractivity contribution in [2.24, 2.45) is 0 Å². The van der Waals surface area contributed by atoms with Crippen molar-refractivity contribution < 1.29 is 13.8 Å². The van der Waals surface area contributed by atoms with Gasteiger partial charge >= 0.3 is 7.48 Å². The number of alkyl halides is 1. The number of ketones is 1. The van der Waals surface area contributed by atoms with E-state index in [1.54, 1.807) is 31.7 Å². The first kappa shape index (κ1) is 14.9. The van der Waals surface area contributed by atoms with Gasteiger partial charge in [0, 0.05) is 11.2 Å². The minimum Gasteiger partial charge on any atom is -0.430 e. The van der Waals surface area contributed by atoms with Crippen LogP contribution in [0.2, 0.25) is 0 Å². The monoisotopic (exact) mass is 249 g/mol. The Hall–Kier alpha value is -1.16. The largest absolute Gasteiger partial charge is 0.430 e. The molecule has 0 spiro atoms. The average molecular weight is 249 g/mol. The van der Waals surface area contributed by atoms with Gasteiger partial charge in [-0.1, -0.05) is 29.7 Å². The number of carbonyl (C=O) groups is 1. The Bertz CT molecular complexity index is 413. The van der Waals surface area contributed by atoms with Gasteiger partial charge in [-0.3, -0.25) is 4.79 Å². The second-order valence-corrected chi connectivity index (χ2v) is 5.77. The molecule has 2 nitrogen and oxygen atoms in total. The fourth-order valence-electron chi connectivity index (χ4n) is 1.30. The molecule has 0 heterocycles. The molecule has 4 heteroatoms. The van der Waals surface area contributed by atoms with Crippen molar-refractivity contribution in [3.63, 3.8) is 0 Å². The van der Waals surface area contributed by atoms with Crippen LogP contribution in [-0.2, 0) is 4.65 Å². The van der Waals surface area contributed by atoms with Crippen molar-refractivity contribution in [1.29, 1.82) is 0 Å². The predicted molar refractivity (Wildman–Crippen MR) is 72.2 cm³/mol. The molecule has 1 aromatic carbocycles. The zero-order valence-corrected chi connectivity index (χ0v) is 11.6. The maximum atomic E-state index is 13.5. The third-order valence-electron chi connectivity index (χ3n) is 2.26. The lowest BCUT2D eigenvalue weighted by Crippen LogP contribution is -2.29. The Morgan fingerprint density at radius 1 is 1.11 bits per heavy atom. The number of Topliss-reactive ketones (excluding diaryl/α,β-unsaturated/α-hetero) is 1. The molecule has 0 fully saturated rings. The smallest absolute Gasteiger partial charge is 0.330 e. The van der Waals surface area contributed by atoms with Gasteiger partial charge in [-0.2, -0.15) is 0 Å². The van der Waals surface area contributed by atoms with E-state index in [9.17, 15) is 9.18 Å². The number of hydrogen-bond acceptors (Lipinski definition) is 2. The molecule has 0 bridgehead atoms. The van der Waals surface area contributed by atoms with Crippen LogP contribution in [0.15, 0.2) is 24.3 Å². The molecule has 0 aliphatic rings. The summed E-state index contributed by atoms with van der Waals surface area (Å²) in [5, 5.41) is 0. The van der Waals surface area contributed by atoms with E-state index in [2.05, 4.69) is 0 Å². The van der Waals surface area contributed by atoms with Crippen LogP contribution in [-0.4, -0.2) is 24.5 Å². The van der Waals surface area contributed by atoms with E-state index in [-0.39, 0.29) is 5.60 Å². The molecule has 0 saturated heterocycles. The Morgan fingerprint density at radius 2 is 1.61 bits per heavy atom. The highest BCUT2D eigenvalue weighted by Crippen LogP contribution is 2.16. The quantitative estimate of drug-likeness (QED) is 0.605. The summed E-state index contributed by atoms with van der Waals surface area (Å²) < 4.78 is 19.0. The SMILES string of the molecule is CC(C)(C)O[B]c1ccc(C(=O)C(C)(C)F)cc1. The summed E-state index contributed by atoms with van der Waals surface area (Å²) in [6, 6.07) is 6.71. The molecule has 97 valence electrons. The highest BCUT2D eigenvalue weighted by atomic mass is 19.1. The third-order valence-corrected chi connectivity index (χ3v) is 2.26. The molecule has 1 aromatic rings. The summed E-state index contributed by atoms with van der Waals surface area (Å²) in [6.45, 7) is 8.38. The minimum atomic E-state index is -1.84. The molecule has 18 heavy (non-hydrogen) atoms. The normalized spacial score (nSPS) is 12.3. The summed E-state index contributed by atoms with van der Waals surface area (Å²) in [5.41, 5.74) is -0.878. The second kappa shape index (κ2) is 5.23.